The minimum absolute atomic E-state index is 0.629. The Morgan fingerprint density at radius 2 is 2.33 bits per heavy atom. The summed E-state index contributed by atoms with van der Waals surface area (Å²) in [6.07, 6.45) is 5.46. The van der Waals surface area contributed by atoms with Crippen LogP contribution in [0.5, 0.6) is 0 Å². The highest BCUT2D eigenvalue weighted by Crippen LogP contribution is 1.83. The molecule has 0 aliphatic rings. The van der Waals surface area contributed by atoms with Crippen LogP contribution in [-0.2, 0) is 0 Å². The first kappa shape index (κ1) is 7.95. The van der Waals surface area contributed by atoms with Gasteiger partial charge in [-0.3, -0.25) is 4.99 Å². The van der Waals surface area contributed by atoms with E-state index in [1.165, 1.54) is 0 Å². The van der Waals surface area contributed by atoms with E-state index in [1.54, 1.807) is 6.08 Å². The lowest BCUT2D eigenvalue weighted by Gasteiger charge is -2.07. The molecule has 0 fully saturated rings. The number of aliphatic imine (C=N–C) groups is 1. The first-order valence-electron chi connectivity index (χ1n) is 2.73. The van der Waals surface area contributed by atoms with Crippen LogP contribution in [0.15, 0.2) is 29.9 Å². The number of allylic oxidation sites excluding steroid dienone is 2. The molecule has 0 N–H and O–H groups in total. The molecular formula is C7H12N2. The summed E-state index contributed by atoms with van der Waals surface area (Å²) in [4.78, 5) is 5.59. The monoisotopic (exact) mass is 124 g/mol. The Morgan fingerprint density at radius 3 is 2.78 bits per heavy atom. The second-order valence-electron chi connectivity index (χ2n) is 1.70. The standard InChI is InChI=1S/C7H12N2/c1-4-5-6-9(3)7-8-2/h4-6H,1-2,7H2,3H3/b6-5-. The summed E-state index contributed by atoms with van der Waals surface area (Å²) in [5.74, 6) is 0. The van der Waals surface area contributed by atoms with Crippen LogP contribution in [0, 0.1) is 0 Å². The van der Waals surface area contributed by atoms with Crippen molar-refractivity contribution in [2.75, 3.05) is 13.7 Å². The van der Waals surface area contributed by atoms with E-state index in [0.29, 0.717) is 6.67 Å². The zero-order valence-corrected chi connectivity index (χ0v) is 5.75. The van der Waals surface area contributed by atoms with Crippen molar-refractivity contribution >= 4 is 6.72 Å². The van der Waals surface area contributed by atoms with Gasteiger partial charge in [0.05, 0.1) is 0 Å². The zero-order valence-electron chi connectivity index (χ0n) is 5.75. The molecule has 2 nitrogen and oxygen atoms in total. The molecule has 0 radical (unpaired) electrons. The Hall–Kier alpha value is -1.05. The van der Waals surface area contributed by atoms with Gasteiger partial charge in [-0.05, 0) is 12.8 Å². The van der Waals surface area contributed by atoms with Gasteiger partial charge in [0.2, 0.25) is 0 Å². The third-order valence-electron chi connectivity index (χ3n) is 0.800. The van der Waals surface area contributed by atoms with Crippen LogP contribution in [0.2, 0.25) is 0 Å². The first-order valence-corrected chi connectivity index (χ1v) is 2.73. The van der Waals surface area contributed by atoms with E-state index in [9.17, 15) is 0 Å². The molecule has 50 valence electrons. The van der Waals surface area contributed by atoms with E-state index in [2.05, 4.69) is 18.3 Å². The van der Waals surface area contributed by atoms with E-state index in [1.807, 2.05) is 24.2 Å². The van der Waals surface area contributed by atoms with Crippen molar-refractivity contribution in [1.29, 1.82) is 0 Å². The molecule has 0 aromatic rings. The molecule has 0 rings (SSSR count). The molecule has 0 aliphatic carbocycles. The second-order valence-corrected chi connectivity index (χ2v) is 1.70. The predicted octanol–water partition coefficient (Wildman–Crippen LogP) is 1.28. The Morgan fingerprint density at radius 1 is 1.67 bits per heavy atom. The van der Waals surface area contributed by atoms with Gasteiger partial charge in [0.25, 0.3) is 0 Å². The minimum atomic E-state index is 0.629. The molecule has 0 aliphatic heterocycles. The van der Waals surface area contributed by atoms with Crippen LogP contribution in [0.25, 0.3) is 0 Å². The van der Waals surface area contributed by atoms with Crippen LogP contribution in [-0.4, -0.2) is 25.3 Å². The maximum atomic E-state index is 3.68. The van der Waals surface area contributed by atoms with Crippen molar-refractivity contribution in [2.45, 2.75) is 0 Å². The van der Waals surface area contributed by atoms with Gasteiger partial charge >= 0.3 is 0 Å². The fourth-order valence-corrected chi connectivity index (χ4v) is 0.413. The Labute approximate surface area is 56.2 Å². The van der Waals surface area contributed by atoms with Gasteiger partial charge in [-0.15, -0.1) is 0 Å². The summed E-state index contributed by atoms with van der Waals surface area (Å²) in [5, 5.41) is 0. The van der Waals surface area contributed by atoms with Gasteiger partial charge in [0, 0.05) is 13.2 Å². The Bertz CT molecular complexity index is 116. The fraction of sp³-hybridized carbons (Fsp3) is 0.286. The third kappa shape index (κ3) is 4.81. The quantitative estimate of drug-likeness (QED) is 0.407. The number of nitrogens with zero attached hydrogens (tertiary/aromatic N) is 2. The van der Waals surface area contributed by atoms with Crippen molar-refractivity contribution in [1.82, 2.24) is 4.90 Å². The van der Waals surface area contributed by atoms with Crippen LogP contribution in [0.4, 0.5) is 0 Å². The lowest BCUT2D eigenvalue weighted by molar-refractivity contribution is 0.475. The summed E-state index contributed by atoms with van der Waals surface area (Å²) in [6, 6.07) is 0. The maximum absolute atomic E-state index is 3.68. The SMILES string of the molecule is C=C/C=C\N(C)CN=C. The smallest absolute Gasteiger partial charge is 0.108 e. The van der Waals surface area contributed by atoms with Gasteiger partial charge in [0.15, 0.2) is 0 Å². The lowest BCUT2D eigenvalue weighted by Crippen LogP contribution is -2.08. The minimum Gasteiger partial charge on any atom is -0.362 e. The topological polar surface area (TPSA) is 15.6 Å². The average Bonchev–Trinajstić information content (AvgIpc) is 1.85. The highest BCUT2D eigenvalue weighted by Gasteiger charge is 1.80. The molecule has 0 amide bonds. The fourth-order valence-electron chi connectivity index (χ4n) is 0.413. The first-order chi connectivity index (χ1) is 4.31. The molecule has 0 aromatic carbocycles. The zero-order chi connectivity index (χ0) is 7.11. The van der Waals surface area contributed by atoms with E-state index in [4.69, 9.17) is 0 Å². The molecule has 0 bridgehead atoms. The highest BCUT2D eigenvalue weighted by atomic mass is 15.1. The molecule has 0 saturated heterocycles. The average molecular weight is 124 g/mol. The van der Waals surface area contributed by atoms with E-state index < -0.39 is 0 Å². The summed E-state index contributed by atoms with van der Waals surface area (Å²) >= 11 is 0. The highest BCUT2D eigenvalue weighted by molar-refractivity contribution is 5.23. The maximum Gasteiger partial charge on any atom is 0.108 e. The lowest BCUT2D eigenvalue weighted by atomic mass is 10.6. The van der Waals surface area contributed by atoms with Crippen molar-refractivity contribution in [3.05, 3.63) is 24.9 Å². The van der Waals surface area contributed by atoms with Gasteiger partial charge in [-0.1, -0.05) is 12.7 Å². The largest absolute Gasteiger partial charge is 0.362 e. The molecule has 2 heteroatoms. The summed E-state index contributed by atoms with van der Waals surface area (Å²) in [5.41, 5.74) is 0. The molecule has 0 atom stereocenters. The Kier molecular flexibility index (Phi) is 4.50. The van der Waals surface area contributed by atoms with Gasteiger partial charge < -0.3 is 4.90 Å². The number of hydrogen-bond acceptors (Lipinski definition) is 2. The summed E-state index contributed by atoms with van der Waals surface area (Å²) in [6.45, 7) is 7.52. The summed E-state index contributed by atoms with van der Waals surface area (Å²) < 4.78 is 0. The number of hydrogen-bond donors (Lipinski definition) is 0. The van der Waals surface area contributed by atoms with E-state index in [-0.39, 0.29) is 0 Å². The van der Waals surface area contributed by atoms with Crippen LogP contribution in [0.3, 0.4) is 0 Å². The summed E-state index contributed by atoms with van der Waals surface area (Å²) in [7, 11) is 1.93. The van der Waals surface area contributed by atoms with Crippen molar-refractivity contribution < 1.29 is 0 Å². The molecular weight excluding hydrogens is 112 g/mol. The van der Waals surface area contributed by atoms with E-state index in [0.717, 1.165) is 0 Å². The van der Waals surface area contributed by atoms with Crippen LogP contribution < -0.4 is 0 Å². The van der Waals surface area contributed by atoms with E-state index >= 15 is 0 Å². The second kappa shape index (κ2) is 5.09. The van der Waals surface area contributed by atoms with Gasteiger partial charge in [-0.2, -0.15) is 0 Å². The number of rotatable bonds is 4. The third-order valence-corrected chi connectivity index (χ3v) is 0.800. The van der Waals surface area contributed by atoms with Crippen molar-refractivity contribution in [3.63, 3.8) is 0 Å². The predicted molar refractivity (Wildman–Crippen MR) is 41.5 cm³/mol. The molecule has 9 heavy (non-hydrogen) atoms. The van der Waals surface area contributed by atoms with Gasteiger partial charge in [0.1, 0.15) is 6.67 Å². The van der Waals surface area contributed by atoms with Crippen LogP contribution >= 0.6 is 0 Å². The molecule has 0 unspecified atom stereocenters. The molecule has 0 aromatic heterocycles. The van der Waals surface area contributed by atoms with Crippen molar-refractivity contribution in [3.8, 4) is 0 Å². The Balaban J connectivity index is 3.47. The normalized spacial score (nSPS) is 9.44. The van der Waals surface area contributed by atoms with Gasteiger partial charge in [-0.25, -0.2) is 0 Å². The van der Waals surface area contributed by atoms with Crippen molar-refractivity contribution in [2.24, 2.45) is 4.99 Å². The molecule has 0 saturated carbocycles. The molecule has 0 spiro atoms. The van der Waals surface area contributed by atoms with Crippen LogP contribution in [0.1, 0.15) is 0 Å². The molecule has 0 heterocycles.